The monoisotopic (exact) mass is 302 g/mol. The number of carbonyl (C=O) groups excluding carboxylic acids is 1. The van der Waals surface area contributed by atoms with Gasteiger partial charge in [-0.1, -0.05) is 0 Å². The number of amides is 1. The van der Waals surface area contributed by atoms with Crippen LogP contribution in [0.5, 0.6) is 0 Å². The van der Waals surface area contributed by atoms with E-state index in [1.54, 1.807) is 4.90 Å². The largest absolute Gasteiger partial charge is 0.338 e. The van der Waals surface area contributed by atoms with E-state index in [2.05, 4.69) is 5.32 Å². The molecule has 0 saturated carbocycles. The Labute approximate surface area is 122 Å². The molecule has 3 rings (SSSR count). The first-order chi connectivity index (χ1) is 9.15. The Morgan fingerprint density at radius 3 is 2.70 bits per heavy atom. The van der Waals surface area contributed by atoms with Crippen molar-refractivity contribution in [1.82, 2.24) is 10.2 Å². The Morgan fingerprint density at radius 1 is 1.20 bits per heavy atom. The van der Waals surface area contributed by atoms with Crippen molar-refractivity contribution in [2.75, 3.05) is 26.2 Å². The van der Waals surface area contributed by atoms with E-state index < -0.39 is 11.6 Å². The van der Waals surface area contributed by atoms with Crippen molar-refractivity contribution in [3.05, 3.63) is 35.4 Å². The zero-order chi connectivity index (χ0) is 13.4. The predicted octanol–water partition coefficient (Wildman–Crippen LogP) is 2.07. The Kier molecular flexibility index (Phi) is 4.60. The molecule has 0 aliphatic carbocycles. The Morgan fingerprint density at radius 2 is 1.95 bits per heavy atom. The molecule has 0 bridgehead atoms. The molecular formula is C14H17ClF2N2O. The van der Waals surface area contributed by atoms with Gasteiger partial charge < -0.3 is 10.2 Å². The highest BCUT2D eigenvalue weighted by Gasteiger charge is 2.34. The van der Waals surface area contributed by atoms with Crippen molar-refractivity contribution in [3.63, 3.8) is 0 Å². The number of hydrogen-bond acceptors (Lipinski definition) is 2. The number of likely N-dealkylation sites (tertiary alicyclic amines) is 1. The van der Waals surface area contributed by atoms with Crippen LogP contribution in [-0.2, 0) is 0 Å². The third kappa shape index (κ3) is 2.79. The predicted molar refractivity (Wildman–Crippen MR) is 74.0 cm³/mol. The van der Waals surface area contributed by atoms with Gasteiger partial charge in [0.25, 0.3) is 5.91 Å². The second-order valence-corrected chi connectivity index (χ2v) is 5.35. The molecule has 2 fully saturated rings. The van der Waals surface area contributed by atoms with Gasteiger partial charge in [-0.3, -0.25) is 4.79 Å². The first-order valence-electron chi connectivity index (χ1n) is 6.60. The molecule has 2 aliphatic rings. The van der Waals surface area contributed by atoms with Gasteiger partial charge in [-0.15, -0.1) is 12.4 Å². The van der Waals surface area contributed by atoms with Crippen molar-refractivity contribution >= 4 is 18.3 Å². The normalized spacial score (nSPS) is 25.0. The van der Waals surface area contributed by atoms with Gasteiger partial charge in [0.05, 0.1) is 0 Å². The highest BCUT2D eigenvalue weighted by Crippen LogP contribution is 2.27. The summed E-state index contributed by atoms with van der Waals surface area (Å²) in [5.41, 5.74) is 0.225. The topological polar surface area (TPSA) is 32.3 Å². The maximum atomic E-state index is 13.2. The molecule has 2 heterocycles. The van der Waals surface area contributed by atoms with Crippen molar-refractivity contribution in [3.8, 4) is 0 Å². The molecule has 0 aromatic heterocycles. The number of nitrogens with zero attached hydrogens (tertiary/aromatic N) is 1. The van der Waals surface area contributed by atoms with E-state index in [9.17, 15) is 13.6 Å². The molecule has 1 aromatic rings. The Bertz CT molecular complexity index is 512. The van der Waals surface area contributed by atoms with Crippen LogP contribution in [0.15, 0.2) is 18.2 Å². The lowest BCUT2D eigenvalue weighted by Gasteiger charge is -2.34. The van der Waals surface area contributed by atoms with Gasteiger partial charge in [0.2, 0.25) is 0 Å². The fourth-order valence-electron chi connectivity index (χ4n) is 3.03. The van der Waals surface area contributed by atoms with E-state index >= 15 is 0 Å². The van der Waals surface area contributed by atoms with E-state index in [1.807, 2.05) is 0 Å². The summed E-state index contributed by atoms with van der Waals surface area (Å²) in [7, 11) is 0. The third-order valence-electron chi connectivity index (χ3n) is 4.16. The molecule has 2 saturated heterocycles. The van der Waals surface area contributed by atoms with Crippen molar-refractivity contribution in [1.29, 1.82) is 0 Å². The van der Waals surface area contributed by atoms with Crippen LogP contribution >= 0.6 is 12.4 Å². The van der Waals surface area contributed by atoms with Gasteiger partial charge in [0.15, 0.2) is 11.6 Å². The number of piperidine rings is 1. The van der Waals surface area contributed by atoms with Gasteiger partial charge in [0, 0.05) is 18.7 Å². The average Bonchev–Trinajstić information content (AvgIpc) is 2.88. The minimum Gasteiger partial charge on any atom is -0.338 e. The Balaban J connectivity index is 0.00000147. The number of benzene rings is 1. The quantitative estimate of drug-likeness (QED) is 0.861. The lowest BCUT2D eigenvalue weighted by atomic mass is 9.88. The highest BCUT2D eigenvalue weighted by molar-refractivity contribution is 5.94. The van der Waals surface area contributed by atoms with E-state index in [-0.39, 0.29) is 23.9 Å². The number of rotatable bonds is 1. The molecule has 2 aliphatic heterocycles. The van der Waals surface area contributed by atoms with Crippen molar-refractivity contribution in [2.45, 2.75) is 6.42 Å². The lowest BCUT2D eigenvalue weighted by molar-refractivity contribution is 0.0642. The maximum absolute atomic E-state index is 13.2. The molecule has 0 spiro atoms. The second kappa shape index (κ2) is 6.06. The van der Waals surface area contributed by atoms with E-state index in [0.29, 0.717) is 24.9 Å². The molecule has 2 atom stereocenters. The molecule has 1 aromatic carbocycles. The lowest BCUT2D eigenvalue weighted by Crippen LogP contribution is -2.43. The number of hydrogen-bond donors (Lipinski definition) is 1. The summed E-state index contributed by atoms with van der Waals surface area (Å²) in [6.07, 6.45) is 0.979. The first-order valence-corrected chi connectivity index (χ1v) is 6.60. The van der Waals surface area contributed by atoms with Crippen LogP contribution in [0.25, 0.3) is 0 Å². The van der Waals surface area contributed by atoms with Gasteiger partial charge in [-0.2, -0.15) is 0 Å². The second-order valence-electron chi connectivity index (χ2n) is 5.35. The molecule has 20 heavy (non-hydrogen) atoms. The van der Waals surface area contributed by atoms with Gasteiger partial charge in [-0.05, 0) is 49.5 Å². The van der Waals surface area contributed by atoms with Gasteiger partial charge in [0.1, 0.15) is 0 Å². The molecule has 6 heteroatoms. The van der Waals surface area contributed by atoms with Crippen molar-refractivity contribution in [2.24, 2.45) is 11.8 Å². The summed E-state index contributed by atoms with van der Waals surface area (Å²) in [5, 5.41) is 3.33. The summed E-state index contributed by atoms with van der Waals surface area (Å²) in [6.45, 7) is 3.36. The van der Waals surface area contributed by atoms with E-state index in [0.717, 1.165) is 31.6 Å². The fraction of sp³-hybridized carbons (Fsp3) is 0.500. The number of halogens is 3. The zero-order valence-electron chi connectivity index (χ0n) is 10.9. The van der Waals surface area contributed by atoms with E-state index in [1.165, 1.54) is 6.07 Å². The van der Waals surface area contributed by atoms with Crippen LogP contribution in [0.3, 0.4) is 0 Å². The average molecular weight is 303 g/mol. The summed E-state index contributed by atoms with van der Waals surface area (Å²) in [4.78, 5) is 14.0. The summed E-state index contributed by atoms with van der Waals surface area (Å²) in [5.74, 6) is -0.959. The van der Waals surface area contributed by atoms with Crippen LogP contribution in [0.1, 0.15) is 16.8 Å². The molecular weight excluding hydrogens is 286 g/mol. The van der Waals surface area contributed by atoms with Crippen LogP contribution in [-0.4, -0.2) is 37.0 Å². The third-order valence-corrected chi connectivity index (χ3v) is 4.16. The highest BCUT2D eigenvalue weighted by atomic mass is 35.5. The van der Waals surface area contributed by atoms with Gasteiger partial charge in [-0.25, -0.2) is 8.78 Å². The first kappa shape index (κ1) is 15.2. The van der Waals surface area contributed by atoms with Crippen LogP contribution in [0.4, 0.5) is 8.78 Å². The molecule has 1 N–H and O–H groups in total. The maximum Gasteiger partial charge on any atom is 0.253 e. The minimum atomic E-state index is -0.969. The van der Waals surface area contributed by atoms with Crippen LogP contribution in [0.2, 0.25) is 0 Å². The number of fused-ring (bicyclic) bond motifs is 1. The number of carbonyl (C=O) groups is 1. The smallest absolute Gasteiger partial charge is 0.253 e. The Hall–Kier alpha value is -1.20. The number of nitrogens with one attached hydrogen (secondary N) is 1. The van der Waals surface area contributed by atoms with Crippen molar-refractivity contribution < 1.29 is 13.6 Å². The molecule has 1 amide bonds. The van der Waals surface area contributed by atoms with Crippen LogP contribution in [0, 0.1) is 23.5 Å². The summed E-state index contributed by atoms with van der Waals surface area (Å²) >= 11 is 0. The van der Waals surface area contributed by atoms with Gasteiger partial charge >= 0.3 is 0 Å². The molecule has 110 valence electrons. The van der Waals surface area contributed by atoms with E-state index in [4.69, 9.17) is 0 Å². The fourth-order valence-corrected chi connectivity index (χ4v) is 3.03. The SMILES string of the molecule is Cl.O=C(c1ccc(F)c(F)c1)N1CCC2CNCC2C1. The summed E-state index contributed by atoms with van der Waals surface area (Å²) in [6, 6.07) is 3.34. The molecule has 2 unspecified atom stereocenters. The standard InChI is InChI=1S/C14H16F2N2O.ClH/c15-12-2-1-9(5-13(12)16)14(19)18-4-3-10-6-17-7-11(10)8-18;/h1-2,5,10-11,17H,3-4,6-8H2;1H. The summed E-state index contributed by atoms with van der Waals surface area (Å²) < 4.78 is 26.0. The molecule has 3 nitrogen and oxygen atoms in total. The van der Waals surface area contributed by atoms with Crippen LogP contribution < -0.4 is 5.32 Å². The zero-order valence-corrected chi connectivity index (χ0v) is 11.8. The molecule has 0 radical (unpaired) electrons. The minimum absolute atomic E-state index is 0.